The number of hydrogen-bond acceptors (Lipinski definition) is 3. The third kappa shape index (κ3) is 3.67. The Morgan fingerprint density at radius 1 is 1.17 bits per heavy atom. The molecule has 0 radical (unpaired) electrons. The van der Waals surface area contributed by atoms with Gasteiger partial charge in [-0.05, 0) is 11.6 Å². The molecule has 0 aliphatic carbocycles. The number of halogens is 3. The summed E-state index contributed by atoms with van der Waals surface area (Å²) >= 11 is 0. The topological polar surface area (TPSA) is 38.8 Å². The normalized spacial score (nSPS) is 20.9. The Morgan fingerprint density at radius 2 is 1.83 bits per heavy atom. The van der Waals surface area contributed by atoms with Crippen LogP contribution in [0.3, 0.4) is 0 Å². The van der Waals surface area contributed by atoms with E-state index in [4.69, 9.17) is 9.47 Å². The van der Waals surface area contributed by atoms with Crippen LogP contribution in [0.25, 0.3) is 0 Å². The fraction of sp³-hybridized carbons (Fsp3) is 0.562. The molecule has 1 amide bonds. The average molecular weight is 329 g/mol. The van der Waals surface area contributed by atoms with Gasteiger partial charge in [-0.2, -0.15) is 13.2 Å². The van der Waals surface area contributed by atoms with E-state index in [0.29, 0.717) is 44.7 Å². The largest absolute Gasteiger partial charge is 0.416 e. The lowest BCUT2D eigenvalue weighted by atomic mass is 10.0. The van der Waals surface area contributed by atoms with Crippen LogP contribution in [0.15, 0.2) is 24.3 Å². The van der Waals surface area contributed by atoms with E-state index in [1.807, 2.05) is 0 Å². The molecule has 2 heterocycles. The quantitative estimate of drug-likeness (QED) is 0.837. The molecule has 0 saturated carbocycles. The van der Waals surface area contributed by atoms with Crippen molar-refractivity contribution in [3.8, 4) is 0 Å². The second-order valence-corrected chi connectivity index (χ2v) is 5.86. The Balaban J connectivity index is 1.60. The predicted octanol–water partition coefficient (Wildman–Crippen LogP) is 2.61. The monoisotopic (exact) mass is 329 g/mol. The van der Waals surface area contributed by atoms with E-state index in [1.165, 1.54) is 6.07 Å². The van der Waals surface area contributed by atoms with Gasteiger partial charge in [0.1, 0.15) is 0 Å². The van der Waals surface area contributed by atoms with E-state index in [-0.39, 0.29) is 12.3 Å². The number of carbonyl (C=O) groups is 1. The first kappa shape index (κ1) is 16.3. The number of nitrogens with zero attached hydrogens (tertiary/aromatic N) is 1. The van der Waals surface area contributed by atoms with Crippen molar-refractivity contribution in [2.75, 3.05) is 26.3 Å². The molecule has 126 valence electrons. The van der Waals surface area contributed by atoms with Crippen molar-refractivity contribution < 1.29 is 27.4 Å². The van der Waals surface area contributed by atoms with Gasteiger partial charge in [0.25, 0.3) is 0 Å². The molecule has 0 unspecified atom stereocenters. The zero-order valence-corrected chi connectivity index (χ0v) is 12.6. The number of carbonyl (C=O) groups excluding carboxylic acids is 1. The van der Waals surface area contributed by atoms with Crippen molar-refractivity contribution in [3.05, 3.63) is 35.4 Å². The zero-order valence-electron chi connectivity index (χ0n) is 12.6. The number of likely N-dealkylation sites (tertiary alicyclic amines) is 1. The Kier molecular flexibility index (Phi) is 4.33. The molecule has 7 heteroatoms. The van der Waals surface area contributed by atoms with Crippen LogP contribution < -0.4 is 0 Å². The second kappa shape index (κ2) is 6.13. The summed E-state index contributed by atoms with van der Waals surface area (Å²) in [6.07, 6.45) is -3.23. The average Bonchev–Trinajstić information content (AvgIpc) is 2.95. The minimum Gasteiger partial charge on any atom is -0.347 e. The maximum atomic E-state index is 12.7. The minimum absolute atomic E-state index is 0.0291. The molecule has 2 aliphatic rings. The summed E-state index contributed by atoms with van der Waals surface area (Å²) in [6.45, 7) is 2.13. The molecule has 0 N–H and O–H groups in total. The molecule has 1 aromatic carbocycles. The summed E-state index contributed by atoms with van der Waals surface area (Å²) in [5, 5.41) is 0. The SMILES string of the molecule is O=C(Cc1cccc(C(F)(F)F)c1)N1CCC2(CC1)OCCO2. The van der Waals surface area contributed by atoms with E-state index < -0.39 is 17.5 Å². The Bertz CT molecular complexity index is 572. The van der Waals surface area contributed by atoms with Gasteiger partial charge < -0.3 is 14.4 Å². The van der Waals surface area contributed by atoms with Crippen molar-refractivity contribution in [2.24, 2.45) is 0 Å². The Hall–Kier alpha value is -1.60. The van der Waals surface area contributed by atoms with Crippen LogP contribution >= 0.6 is 0 Å². The molecule has 2 aliphatic heterocycles. The lowest BCUT2D eigenvalue weighted by Gasteiger charge is -2.37. The molecule has 3 rings (SSSR count). The zero-order chi connectivity index (χ0) is 16.5. The predicted molar refractivity (Wildman–Crippen MR) is 75.6 cm³/mol. The third-order valence-corrected chi connectivity index (χ3v) is 4.30. The van der Waals surface area contributed by atoms with Crippen molar-refractivity contribution in [2.45, 2.75) is 31.2 Å². The lowest BCUT2D eigenvalue weighted by molar-refractivity contribution is -0.187. The maximum Gasteiger partial charge on any atom is 0.416 e. The second-order valence-electron chi connectivity index (χ2n) is 5.86. The van der Waals surface area contributed by atoms with E-state index >= 15 is 0 Å². The van der Waals surface area contributed by atoms with Gasteiger partial charge in [-0.15, -0.1) is 0 Å². The fourth-order valence-electron chi connectivity index (χ4n) is 3.03. The summed E-state index contributed by atoms with van der Waals surface area (Å²) in [4.78, 5) is 14.0. The van der Waals surface area contributed by atoms with Crippen LogP contribution in [0.2, 0.25) is 0 Å². The van der Waals surface area contributed by atoms with Gasteiger partial charge in [0.05, 0.1) is 25.2 Å². The van der Waals surface area contributed by atoms with Crippen LogP contribution in [-0.2, 0) is 26.9 Å². The van der Waals surface area contributed by atoms with Crippen LogP contribution in [0, 0.1) is 0 Å². The van der Waals surface area contributed by atoms with Crippen LogP contribution in [0.5, 0.6) is 0 Å². The summed E-state index contributed by atoms with van der Waals surface area (Å²) in [5.74, 6) is -0.732. The van der Waals surface area contributed by atoms with Gasteiger partial charge in [-0.1, -0.05) is 18.2 Å². The summed E-state index contributed by atoms with van der Waals surface area (Å²) in [7, 11) is 0. The smallest absolute Gasteiger partial charge is 0.347 e. The molecule has 4 nitrogen and oxygen atoms in total. The standard InChI is InChI=1S/C16H18F3NO3/c17-16(18,19)13-3-1-2-12(10-13)11-14(21)20-6-4-15(5-7-20)22-8-9-23-15/h1-3,10H,4-9,11H2. The van der Waals surface area contributed by atoms with Crippen LogP contribution in [0.4, 0.5) is 13.2 Å². The van der Waals surface area contributed by atoms with Gasteiger partial charge in [0.2, 0.25) is 5.91 Å². The molecule has 0 atom stereocenters. The van der Waals surface area contributed by atoms with Crippen molar-refractivity contribution in [1.82, 2.24) is 4.90 Å². The highest BCUT2D eigenvalue weighted by Crippen LogP contribution is 2.32. The number of hydrogen-bond donors (Lipinski definition) is 0. The summed E-state index contributed by atoms with van der Waals surface area (Å²) < 4.78 is 49.3. The number of alkyl halides is 3. The fourth-order valence-corrected chi connectivity index (χ4v) is 3.03. The number of benzene rings is 1. The molecule has 1 spiro atoms. The number of rotatable bonds is 2. The first-order chi connectivity index (χ1) is 10.9. The molecule has 1 aromatic rings. The van der Waals surface area contributed by atoms with Crippen LogP contribution in [0.1, 0.15) is 24.0 Å². The van der Waals surface area contributed by atoms with Gasteiger partial charge in [0.15, 0.2) is 5.79 Å². The molecule has 0 bridgehead atoms. The summed E-state index contributed by atoms with van der Waals surface area (Å²) in [5.41, 5.74) is -0.355. The highest BCUT2D eigenvalue weighted by molar-refractivity contribution is 5.79. The highest BCUT2D eigenvalue weighted by atomic mass is 19.4. The highest BCUT2D eigenvalue weighted by Gasteiger charge is 2.40. The Morgan fingerprint density at radius 3 is 2.43 bits per heavy atom. The Labute approximate surface area is 132 Å². The van der Waals surface area contributed by atoms with Gasteiger partial charge in [-0.3, -0.25) is 4.79 Å². The molecule has 23 heavy (non-hydrogen) atoms. The number of piperidine rings is 1. The molecule has 0 aromatic heterocycles. The lowest BCUT2D eigenvalue weighted by Crippen LogP contribution is -2.47. The van der Waals surface area contributed by atoms with E-state index in [0.717, 1.165) is 12.1 Å². The van der Waals surface area contributed by atoms with Gasteiger partial charge >= 0.3 is 6.18 Å². The van der Waals surface area contributed by atoms with E-state index in [1.54, 1.807) is 11.0 Å². The molecular weight excluding hydrogens is 311 g/mol. The first-order valence-electron chi connectivity index (χ1n) is 7.60. The summed E-state index contributed by atoms with van der Waals surface area (Å²) in [6, 6.07) is 4.92. The number of ether oxygens (including phenoxy) is 2. The first-order valence-corrected chi connectivity index (χ1v) is 7.60. The van der Waals surface area contributed by atoms with Crippen molar-refractivity contribution in [3.63, 3.8) is 0 Å². The van der Waals surface area contributed by atoms with Gasteiger partial charge in [0, 0.05) is 25.9 Å². The van der Waals surface area contributed by atoms with E-state index in [9.17, 15) is 18.0 Å². The van der Waals surface area contributed by atoms with Crippen molar-refractivity contribution in [1.29, 1.82) is 0 Å². The van der Waals surface area contributed by atoms with Crippen LogP contribution in [-0.4, -0.2) is 42.9 Å². The van der Waals surface area contributed by atoms with E-state index in [2.05, 4.69) is 0 Å². The maximum absolute atomic E-state index is 12.7. The molecular formula is C16H18F3NO3. The molecule has 2 fully saturated rings. The minimum atomic E-state index is -4.40. The molecule has 2 saturated heterocycles. The number of amides is 1. The van der Waals surface area contributed by atoms with Gasteiger partial charge in [-0.25, -0.2) is 0 Å². The third-order valence-electron chi connectivity index (χ3n) is 4.30. The van der Waals surface area contributed by atoms with Crippen molar-refractivity contribution >= 4 is 5.91 Å².